The van der Waals surface area contributed by atoms with Crippen LogP contribution in [0.15, 0.2) is 48.8 Å². The molecule has 0 aliphatic rings. The van der Waals surface area contributed by atoms with Gasteiger partial charge in [-0.15, -0.1) is 0 Å². The molecule has 0 fully saturated rings. The number of amides is 1. The van der Waals surface area contributed by atoms with Gasteiger partial charge in [0.2, 0.25) is 5.91 Å². The molecule has 1 aromatic carbocycles. The molecular formula is C14H15N3O. The van der Waals surface area contributed by atoms with Crippen molar-refractivity contribution in [2.75, 3.05) is 5.32 Å². The second kappa shape index (κ2) is 5.42. The third-order valence-corrected chi connectivity index (χ3v) is 2.56. The molecule has 1 heterocycles. The molecule has 4 heteroatoms. The van der Waals surface area contributed by atoms with Crippen molar-refractivity contribution in [3.8, 4) is 11.1 Å². The van der Waals surface area contributed by atoms with E-state index in [0.29, 0.717) is 0 Å². The van der Waals surface area contributed by atoms with E-state index >= 15 is 0 Å². The van der Waals surface area contributed by atoms with Crippen molar-refractivity contribution in [2.24, 2.45) is 5.73 Å². The van der Waals surface area contributed by atoms with Crippen molar-refractivity contribution < 1.29 is 4.79 Å². The summed E-state index contributed by atoms with van der Waals surface area (Å²) < 4.78 is 0. The van der Waals surface area contributed by atoms with Crippen LogP contribution in [-0.4, -0.2) is 16.9 Å². The van der Waals surface area contributed by atoms with Crippen LogP contribution in [0.5, 0.6) is 0 Å². The molecule has 2 rings (SSSR count). The van der Waals surface area contributed by atoms with Gasteiger partial charge in [-0.2, -0.15) is 0 Å². The highest BCUT2D eigenvalue weighted by Gasteiger charge is 2.07. The van der Waals surface area contributed by atoms with Gasteiger partial charge >= 0.3 is 0 Å². The minimum atomic E-state index is -0.511. The number of anilines is 1. The molecule has 18 heavy (non-hydrogen) atoms. The molecular weight excluding hydrogens is 226 g/mol. The maximum absolute atomic E-state index is 11.4. The van der Waals surface area contributed by atoms with Crippen molar-refractivity contribution in [1.29, 1.82) is 0 Å². The fourth-order valence-corrected chi connectivity index (χ4v) is 1.54. The smallest absolute Gasteiger partial charge is 0.240 e. The number of pyridine rings is 1. The highest BCUT2D eigenvalue weighted by Crippen LogP contribution is 2.20. The van der Waals surface area contributed by atoms with E-state index in [1.54, 1.807) is 19.3 Å². The Bertz CT molecular complexity index is 520. The summed E-state index contributed by atoms with van der Waals surface area (Å²) in [7, 11) is 0. The normalized spacial score (nSPS) is 11.9. The first-order valence-corrected chi connectivity index (χ1v) is 5.74. The molecule has 92 valence electrons. The lowest BCUT2D eigenvalue weighted by Crippen LogP contribution is -2.32. The predicted octanol–water partition coefficient (Wildman–Crippen LogP) is 2.03. The molecule has 0 saturated heterocycles. The van der Waals surface area contributed by atoms with E-state index in [1.807, 2.05) is 36.4 Å². The molecule has 0 saturated carbocycles. The number of benzene rings is 1. The van der Waals surface area contributed by atoms with Gasteiger partial charge in [0.1, 0.15) is 0 Å². The van der Waals surface area contributed by atoms with Gasteiger partial charge in [0.05, 0.1) is 6.04 Å². The van der Waals surface area contributed by atoms with Gasteiger partial charge in [0.25, 0.3) is 0 Å². The number of hydrogen-bond acceptors (Lipinski definition) is 3. The molecule has 0 radical (unpaired) electrons. The van der Waals surface area contributed by atoms with E-state index in [0.717, 1.165) is 16.8 Å². The third kappa shape index (κ3) is 2.93. The minimum absolute atomic E-state index is 0.191. The Hall–Kier alpha value is -2.20. The number of rotatable bonds is 3. The van der Waals surface area contributed by atoms with Crippen molar-refractivity contribution >= 4 is 11.6 Å². The van der Waals surface area contributed by atoms with Crippen molar-refractivity contribution in [3.63, 3.8) is 0 Å². The van der Waals surface area contributed by atoms with Gasteiger partial charge in [-0.05, 0) is 36.2 Å². The Morgan fingerprint density at radius 3 is 2.50 bits per heavy atom. The van der Waals surface area contributed by atoms with Crippen LogP contribution in [0, 0.1) is 0 Å². The molecule has 0 spiro atoms. The van der Waals surface area contributed by atoms with Crippen LogP contribution in [0.2, 0.25) is 0 Å². The molecule has 1 unspecified atom stereocenters. The van der Waals surface area contributed by atoms with Gasteiger partial charge in [-0.3, -0.25) is 9.78 Å². The van der Waals surface area contributed by atoms with E-state index < -0.39 is 6.04 Å². The monoisotopic (exact) mass is 241 g/mol. The summed E-state index contributed by atoms with van der Waals surface area (Å²) in [6, 6.07) is 10.9. The number of carbonyl (C=O) groups is 1. The van der Waals surface area contributed by atoms with Gasteiger partial charge in [-0.25, -0.2) is 0 Å². The summed E-state index contributed by atoms with van der Waals surface area (Å²) in [4.78, 5) is 15.5. The Balaban J connectivity index is 2.13. The number of carbonyl (C=O) groups excluding carboxylic acids is 1. The average Bonchev–Trinajstić information content (AvgIpc) is 2.40. The van der Waals surface area contributed by atoms with Crippen LogP contribution >= 0.6 is 0 Å². The molecule has 1 amide bonds. The number of nitrogens with two attached hydrogens (primary N) is 1. The molecule has 0 aliphatic carbocycles. The first-order valence-electron chi connectivity index (χ1n) is 5.74. The summed E-state index contributed by atoms with van der Waals surface area (Å²) in [6.07, 6.45) is 3.54. The zero-order valence-electron chi connectivity index (χ0n) is 10.1. The fraction of sp³-hybridized carbons (Fsp3) is 0.143. The van der Waals surface area contributed by atoms with Crippen LogP contribution in [0.1, 0.15) is 6.92 Å². The standard InChI is InChI=1S/C14H15N3O/c1-10(15)14(18)17-13-6-4-11(5-7-13)12-3-2-8-16-9-12/h2-10H,15H2,1H3,(H,17,18). The lowest BCUT2D eigenvalue weighted by Gasteiger charge is -2.08. The average molecular weight is 241 g/mol. The van der Waals surface area contributed by atoms with Gasteiger partial charge < -0.3 is 11.1 Å². The topological polar surface area (TPSA) is 68.0 Å². The molecule has 3 N–H and O–H groups in total. The molecule has 4 nitrogen and oxygen atoms in total. The quantitative estimate of drug-likeness (QED) is 0.864. The number of nitrogens with one attached hydrogen (secondary N) is 1. The zero-order chi connectivity index (χ0) is 13.0. The van der Waals surface area contributed by atoms with Crippen molar-refractivity contribution in [2.45, 2.75) is 13.0 Å². The van der Waals surface area contributed by atoms with Crippen LogP contribution in [0.3, 0.4) is 0 Å². The van der Waals surface area contributed by atoms with E-state index in [2.05, 4.69) is 10.3 Å². The largest absolute Gasteiger partial charge is 0.325 e. The van der Waals surface area contributed by atoms with Crippen LogP contribution < -0.4 is 11.1 Å². The summed E-state index contributed by atoms with van der Waals surface area (Å²) >= 11 is 0. The number of hydrogen-bond donors (Lipinski definition) is 2. The maximum atomic E-state index is 11.4. The first-order chi connectivity index (χ1) is 8.66. The maximum Gasteiger partial charge on any atom is 0.240 e. The third-order valence-electron chi connectivity index (χ3n) is 2.56. The second-order valence-electron chi connectivity index (χ2n) is 4.10. The van der Waals surface area contributed by atoms with Crippen LogP contribution in [-0.2, 0) is 4.79 Å². The minimum Gasteiger partial charge on any atom is -0.325 e. The predicted molar refractivity (Wildman–Crippen MR) is 72.0 cm³/mol. The van der Waals surface area contributed by atoms with Crippen LogP contribution in [0.25, 0.3) is 11.1 Å². The summed E-state index contributed by atoms with van der Waals surface area (Å²) in [5.74, 6) is -0.191. The Morgan fingerprint density at radius 1 is 1.22 bits per heavy atom. The Kier molecular flexibility index (Phi) is 3.69. The molecule has 1 aromatic heterocycles. The Labute approximate surface area is 106 Å². The number of aromatic nitrogens is 1. The lowest BCUT2D eigenvalue weighted by molar-refractivity contribution is -0.117. The zero-order valence-corrected chi connectivity index (χ0v) is 10.1. The van der Waals surface area contributed by atoms with E-state index in [9.17, 15) is 4.79 Å². The fourth-order valence-electron chi connectivity index (χ4n) is 1.54. The lowest BCUT2D eigenvalue weighted by atomic mass is 10.1. The first kappa shape index (κ1) is 12.3. The van der Waals surface area contributed by atoms with E-state index in [1.165, 1.54) is 0 Å². The van der Waals surface area contributed by atoms with Crippen LogP contribution in [0.4, 0.5) is 5.69 Å². The SMILES string of the molecule is CC(N)C(=O)Nc1ccc(-c2cccnc2)cc1. The van der Waals surface area contributed by atoms with Crippen molar-refractivity contribution in [1.82, 2.24) is 4.98 Å². The highest BCUT2D eigenvalue weighted by molar-refractivity contribution is 5.94. The van der Waals surface area contributed by atoms with Gasteiger partial charge in [0.15, 0.2) is 0 Å². The van der Waals surface area contributed by atoms with E-state index in [4.69, 9.17) is 5.73 Å². The summed E-state index contributed by atoms with van der Waals surface area (Å²) in [5.41, 5.74) is 8.33. The van der Waals surface area contributed by atoms with E-state index in [-0.39, 0.29) is 5.91 Å². The second-order valence-corrected chi connectivity index (χ2v) is 4.10. The molecule has 1 atom stereocenters. The molecule has 0 aliphatic heterocycles. The summed E-state index contributed by atoms with van der Waals surface area (Å²) in [5, 5.41) is 2.74. The van der Waals surface area contributed by atoms with Crippen molar-refractivity contribution in [3.05, 3.63) is 48.8 Å². The number of nitrogens with zero attached hydrogens (tertiary/aromatic N) is 1. The highest BCUT2D eigenvalue weighted by atomic mass is 16.2. The summed E-state index contributed by atoms with van der Waals surface area (Å²) in [6.45, 7) is 1.65. The van der Waals surface area contributed by atoms with Gasteiger partial charge in [0, 0.05) is 18.1 Å². The molecule has 2 aromatic rings. The molecule has 0 bridgehead atoms. The van der Waals surface area contributed by atoms with Gasteiger partial charge in [-0.1, -0.05) is 18.2 Å². The Morgan fingerprint density at radius 2 is 1.94 bits per heavy atom.